The van der Waals surface area contributed by atoms with Crippen LogP contribution in [0.5, 0.6) is 5.75 Å². The van der Waals surface area contributed by atoms with Crippen LogP contribution in [0.4, 0.5) is 5.69 Å². The summed E-state index contributed by atoms with van der Waals surface area (Å²) in [5, 5.41) is 7.23. The Morgan fingerprint density at radius 3 is 2.93 bits per heavy atom. The molecular formula is C9H10N4OS. The van der Waals surface area contributed by atoms with Crippen molar-refractivity contribution >= 4 is 17.4 Å². The zero-order valence-electron chi connectivity index (χ0n) is 8.10. The SMILES string of the molecule is COc1ccc(Sc2ncn[nH]2)c(N)c1. The van der Waals surface area contributed by atoms with Crippen LogP contribution in [0.1, 0.15) is 0 Å². The summed E-state index contributed by atoms with van der Waals surface area (Å²) in [5.41, 5.74) is 6.51. The summed E-state index contributed by atoms with van der Waals surface area (Å²) >= 11 is 1.43. The van der Waals surface area contributed by atoms with Crippen LogP contribution in [0, 0.1) is 0 Å². The van der Waals surface area contributed by atoms with E-state index in [2.05, 4.69) is 15.2 Å². The summed E-state index contributed by atoms with van der Waals surface area (Å²) in [6.45, 7) is 0. The maximum atomic E-state index is 5.85. The van der Waals surface area contributed by atoms with Crippen LogP contribution in [0.25, 0.3) is 0 Å². The molecule has 0 saturated carbocycles. The highest BCUT2D eigenvalue weighted by Crippen LogP contribution is 2.31. The lowest BCUT2D eigenvalue weighted by atomic mass is 10.3. The molecule has 1 aromatic heterocycles. The highest BCUT2D eigenvalue weighted by Gasteiger charge is 2.04. The first-order chi connectivity index (χ1) is 7.29. The lowest BCUT2D eigenvalue weighted by Crippen LogP contribution is -1.91. The maximum Gasteiger partial charge on any atom is 0.188 e. The maximum absolute atomic E-state index is 5.85. The molecule has 5 nitrogen and oxygen atoms in total. The van der Waals surface area contributed by atoms with E-state index < -0.39 is 0 Å². The Hall–Kier alpha value is -1.69. The molecule has 2 aromatic rings. The van der Waals surface area contributed by atoms with Crippen LogP contribution in [-0.4, -0.2) is 22.3 Å². The third kappa shape index (κ3) is 2.21. The second-order valence-corrected chi connectivity index (χ2v) is 3.83. The van der Waals surface area contributed by atoms with Gasteiger partial charge in [-0.05, 0) is 23.9 Å². The summed E-state index contributed by atoms with van der Waals surface area (Å²) in [7, 11) is 1.61. The molecule has 0 radical (unpaired) electrons. The van der Waals surface area contributed by atoms with Crippen LogP contribution in [0.3, 0.4) is 0 Å². The fourth-order valence-corrected chi connectivity index (χ4v) is 1.81. The monoisotopic (exact) mass is 222 g/mol. The van der Waals surface area contributed by atoms with E-state index in [1.165, 1.54) is 18.1 Å². The van der Waals surface area contributed by atoms with Crippen molar-refractivity contribution < 1.29 is 4.74 Å². The second-order valence-electron chi connectivity index (χ2n) is 2.80. The minimum absolute atomic E-state index is 0.663. The molecule has 0 fully saturated rings. The average Bonchev–Trinajstić information content (AvgIpc) is 2.74. The van der Waals surface area contributed by atoms with Gasteiger partial charge in [-0.3, -0.25) is 5.10 Å². The van der Waals surface area contributed by atoms with Crippen molar-refractivity contribution in [2.45, 2.75) is 10.1 Å². The standard InChI is InChI=1S/C9H10N4OS/c1-14-6-2-3-8(7(10)4-6)15-9-11-5-12-13-9/h2-5H,10H2,1H3,(H,11,12,13). The zero-order valence-corrected chi connectivity index (χ0v) is 8.91. The van der Waals surface area contributed by atoms with Crippen molar-refractivity contribution in [1.29, 1.82) is 0 Å². The van der Waals surface area contributed by atoms with Crippen molar-refractivity contribution in [3.05, 3.63) is 24.5 Å². The number of aromatic amines is 1. The Kier molecular flexibility index (Phi) is 2.77. The Balaban J connectivity index is 2.22. The summed E-state index contributed by atoms with van der Waals surface area (Å²) in [6, 6.07) is 5.52. The van der Waals surface area contributed by atoms with Gasteiger partial charge in [0.15, 0.2) is 5.16 Å². The number of nitrogens with one attached hydrogen (secondary N) is 1. The molecule has 0 aliphatic heterocycles. The molecule has 0 spiro atoms. The van der Waals surface area contributed by atoms with Crippen molar-refractivity contribution in [1.82, 2.24) is 15.2 Å². The molecule has 0 saturated heterocycles. The number of H-pyrrole nitrogens is 1. The highest BCUT2D eigenvalue weighted by molar-refractivity contribution is 7.99. The van der Waals surface area contributed by atoms with Crippen LogP contribution in [0.2, 0.25) is 0 Å². The molecular weight excluding hydrogens is 212 g/mol. The topological polar surface area (TPSA) is 76.8 Å². The molecule has 0 atom stereocenters. The van der Waals surface area contributed by atoms with Crippen molar-refractivity contribution in [3.8, 4) is 5.75 Å². The van der Waals surface area contributed by atoms with E-state index in [1.807, 2.05) is 12.1 Å². The minimum Gasteiger partial charge on any atom is -0.497 e. The number of hydrogen-bond donors (Lipinski definition) is 2. The van der Waals surface area contributed by atoms with Crippen molar-refractivity contribution in [2.75, 3.05) is 12.8 Å². The van der Waals surface area contributed by atoms with E-state index in [1.54, 1.807) is 13.2 Å². The Morgan fingerprint density at radius 1 is 1.47 bits per heavy atom. The van der Waals surface area contributed by atoms with E-state index in [4.69, 9.17) is 10.5 Å². The highest BCUT2D eigenvalue weighted by atomic mass is 32.2. The van der Waals surface area contributed by atoms with E-state index in [0.717, 1.165) is 10.6 Å². The summed E-state index contributed by atoms with van der Waals surface area (Å²) in [4.78, 5) is 4.93. The van der Waals surface area contributed by atoms with Gasteiger partial charge in [-0.1, -0.05) is 0 Å². The van der Waals surface area contributed by atoms with Gasteiger partial charge in [-0.15, -0.1) is 0 Å². The minimum atomic E-state index is 0.663. The van der Waals surface area contributed by atoms with E-state index in [0.29, 0.717) is 10.8 Å². The first-order valence-corrected chi connectivity index (χ1v) is 5.08. The van der Waals surface area contributed by atoms with Gasteiger partial charge in [-0.25, -0.2) is 4.98 Å². The molecule has 0 aliphatic carbocycles. The number of rotatable bonds is 3. The Bertz CT molecular complexity index is 443. The third-order valence-corrected chi connectivity index (χ3v) is 2.80. The van der Waals surface area contributed by atoms with E-state index >= 15 is 0 Å². The van der Waals surface area contributed by atoms with Gasteiger partial charge in [0.2, 0.25) is 0 Å². The molecule has 0 bridgehead atoms. The molecule has 2 rings (SSSR count). The van der Waals surface area contributed by atoms with Gasteiger partial charge in [0, 0.05) is 16.6 Å². The molecule has 6 heteroatoms. The molecule has 0 unspecified atom stereocenters. The largest absolute Gasteiger partial charge is 0.497 e. The first-order valence-electron chi connectivity index (χ1n) is 4.26. The van der Waals surface area contributed by atoms with Crippen LogP contribution >= 0.6 is 11.8 Å². The molecule has 1 aromatic carbocycles. The van der Waals surface area contributed by atoms with Gasteiger partial charge >= 0.3 is 0 Å². The normalized spacial score (nSPS) is 10.2. The zero-order chi connectivity index (χ0) is 10.7. The van der Waals surface area contributed by atoms with E-state index in [-0.39, 0.29) is 0 Å². The van der Waals surface area contributed by atoms with E-state index in [9.17, 15) is 0 Å². The smallest absolute Gasteiger partial charge is 0.188 e. The van der Waals surface area contributed by atoms with Gasteiger partial charge in [0.05, 0.1) is 7.11 Å². The predicted octanol–water partition coefficient (Wildman–Crippen LogP) is 1.55. The molecule has 78 valence electrons. The molecule has 0 aliphatic rings. The quantitative estimate of drug-likeness (QED) is 0.770. The van der Waals surface area contributed by atoms with Crippen LogP contribution in [-0.2, 0) is 0 Å². The number of aromatic nitrogens is 3. The predicted molar refractivity (Wildman–Crippen MR) is 57.9 cm³/mol. The Labute approximate surface area is 91.0 Å². The van der Waals surface area contributed by atoms with Crippen LogP contribution in [0.15, 0.2) is 34.6 Å². The number of methoxy groups -OCH3 is 1. The number of ether oxygens (including phenoxy) is 1. The van der Waals surface area contributed by atoms with Gasteiger partial charge < -0.3 is 10.5 Å². The lowest BCUT2D eigenvalue weighted by Gasteiger charge is -2.05. The number of anilines is 1. The fourth-order valence-electron chi connectivity index (χ4n) is 1.09. The summed E-state index contributed by atoms with van der Waals surface area (Å²) in [5.74, 6) is 0.745. The second kappa shape index (κ2) is 4.22. The van der Waals surface area contributed by atoms with Crippen molar-refractivity contribution in [2.24, 2.45) is 0 Å². The van der Waals surface area contributed by atoms with Crippen LogP contribution < -0.4 is 10.5 Å². The molecule has 0 amide bonds. The molecule has 3 N–H and O–H groups in total. The number of nitrogens with two attached hydrogens (primary N) is 1. The van der Waals surface area contributed by atoms with Crippen molar-refractivity contribution in [3.63, 3.8) is 0 Å². The summed E-state index contributed by atoms with van der Waals surface area (Å²) in [6.07, 6.45) is 1.46. The fraction of sp³-hybridized carbons (Fsp3) is 0.111. The third-order valence-electron chi connectivity index (χ3n) is 1.82. The number of benzene rings is 1. The van der Waals surface area contributed by atoms with Gasteiger partial charge in [0.1, 0.15) is 12.1 Å². The van der Waals surface area contributed by atoms with Gasteiger partial charge in [-0.2, -0.15) is 5.10 Å². The number of hydrogen-bond acceptors (Lipinski definition) is 5. The van der Waals surface area contributed by atoms with Gasteiger partial charge in [0.25, 0.3) is 0 Å². The average molecular weight is 222 g/mol. The lowest BCUT2D eigenvalue weighted by molar-refractivity contribution is 0.415. The number of nitrogen functional groups attached to an aromatic ring is 1. The molecule has 15 heavy (non-hydrogen) atoms. The molecule has 1 heterocycles. The Morgan fingerprint density at radius 2 is 2.33 bits per heavy atom. The number of nitrogens with zero attached hydrogens (tertiary/aromatic N) is 2. The summed E-state index contributed by atoms with van der Waals surface area (Å²) < 4.78 is 5.06. The first kappa shape index (κ1) is 9.85.